The SMILES string of the molecule is CCNS(=O)(=O)Cc1cc(C)on1. The summed E-state index contributed by atoms with van der Waals surface area (Å²) in [6.07, 6.45) is 0. The van der Waals surface area contributed by atoms with Crippen molar-refractivity contribution in [3.8, 4) is 0 Å². The van der Waals surface area contributed by atoms with Gasteiger partial charge >= 0.3 is 0 Å². The van der Waals surface area contributed by atoms with Crippen molar-refractivity contribution in [2.75, 3.05) is 6.54 Å². The summed E-state index contributed by atoms with van der Waals surface area (Å²) in [7, 11) is -3.24. The van der Waals surface area contributed by atoms with Crippen LogP contribution < -0.4 is 4.72 Å². The van der Waals surface area contributed by atoms with Gasteiger partial charge in [0, 0.05) is 12.6 Å². The van der Waals surface area contributed by atoms with Gasteiger partial charge in [0.25, 0.3) is 0 Å². The van der Waals surface area contributed by atoms with Crippen LogP contribution in [0, 0.1) is 6.92 Å². The van der Waals surface area contributed by atoms with E-state index in [4.69, 9.17) is 4.52 Å². The Hall–Kier alpha value is -0.880. The lowest BCUT2D eigenvalue weighted by atomic mass is 10.4. The van der Waals surface area contributed by atoms with E-state index in [1.807, 2.05) is 0 Å². The molecule has 0 aliphatic heterocycles. The fourth-order valence-corrected chi connectivity index (χ4v) is 2.02. The number of aryl methyl sites for hydroxylation is 1. The molecule has 1 aromatic heterocycles. The van der Waals surface area contributed by atoms with Gasteiger partial charge in [-0.2, -0.15) is 0 Å². The van der Waals surface area contributed by atoms with E-state index in [-0.39, 0.29) is 5.75 Å². The maximum absolute atomic E-state index is 11.2. The van der Waals surface area contributed by atoms with Crippen molar-refractivity contribution in [3.63, 3.8) is 0 Å². The largest absolute Gasteiger partial charge is 0.361 e. The molecule has 0 bridgehead atoms. The molecule has 1 rings (SSSR count). The van der Waals surface area contributed by atoms with E-state index >= 15 is 0 Å². The van der Waals surface area contributed by atoms with Gasteiger partial charge in [-0.05, 0) is 6.92 Å². The molecular weight excluding hydrogens is 192 g/mol. The van der Waals surface area contributed by atoms with Crippen LogP contribution in [-0.4, -0.2) is 20.1 Å². The summed E-state index contributed by atoms with van der Waals surface area (Å²) < 4.78 is 29.5. The fourth-order valence-electron chi connectivity index (χ4n) is 0.952. The summed E-state index contributed by atoms with van der Waals surface area (Å²) in [5.74, 6) is 0.486. The van der Waals surface area contributed by atoms with Gasteiger partial charge in [-0.15, -0.1) is 0 Å². The molecule has 1 heterocycles. The molecule has 0 aromatic carbocycles. The van der Waals surface area contributed by atoms with Crippen LogP contribution in [0.2, 0.25) is 0 Å². The molecule has 0 unspecified atom stereocenters. The second kappa shape index (κ2) is 3.89. The van der Waals surface area contributed by atoms with Crippen LogP contribution in [0.15, 0.2) is 10.6 Å². The van der Waals surface area contributed by atoms with Crippen molar-refractivity contribution < 1.29 is 12.9 Å². The summed E-state index contributed by atoms with van der Waals surface area (Å²) in [4.78, 5) is 0. The Kier molecular flexibility index (Phi) is 3.05. The summed E-state index contributed by atoms with van der Waals surface area (Å²) in [6.45, 7) is 3.83. The van der Waals surface area contributed by atoms with Crippen LogP contribution in [0.5, 0.6) is 0 Å². The molecule has 0 saturated heterocycles. The van der Waals surface area contributed by atoms with Gasteiger partial charge < -0.3 is 4.52 Å². The Morgan fingerprint density at radius 1 is 1.62 bits per heavy atom. The van der Waals surface area contributed by atoms with Gasteiger partial charge in [-0.3, -0.25) is 0 Å². The van der Waals surface area contributed by atoms with Gasteiger partial charge in [-0.25, -0.2) is 13.1 Å². The van der Waals surface area contributed by atoms with Crippen LogP contribution in [0.1, 0.15) is 18.4 Å². The van der Waals surface area contributed by atoms with Crippen molar-refractivity contribution in [1.82, 2.24) is 9.88 Å². The quantitative estimate of drug-likeness (QED) is 0.771. The van der Waals surface area contributed by atoms with Gasteiger partial charge in [0.2, 0.25) is 10.0 Å². The monoisotopic (exact) mass is 204 g/mol. The Bertz CT molecular complexity index is 369. The molecule has 74 valence electrons. The van der Waals surface area contributed by atoms with E-state index in [0.29, 0.717) is 18.0 Å². The summed E-state index contributed by atoms with van der Waals surface area (Å²) in [5.41, 5.74) is 0.429. The Labute approximate surface area is 77.2 Å². The predicted molar refractivity (Wildman–Crippen MR) is 47.5 cm³/mol. The average molecular weight is 204 g/mol. The van der Waals surface area contributed by atoms with E-state index < -0.39 is 10.0 Å². The van der Waals surface area contributed by atoms with Crippen LogP contribution in [-0.2, 0) is 15.8 Å². The zero-order chi connectivity index (χ0) is 9.90. The van der Waals surface area contributed by atoms with Crippen molar-refractivity contribution in [2.45, 2.75) is 19.6 Å². The smallest absolute Gasteiger partial charge is 0.217 e. The summed E-state index contributed by atoms with van der Waals surface area (Å²) >= 11 is 0. The minimum Gasteiger partial charge on any atom is -0.361 e. The van der Waals surface area contributed by atoms with E-state index in [9.17, 15) is 8.42 Å². The number of nitrogens with zero attached hydrogens (tertiary/aromatic N) is 1. The molecule has 6 heteroatoms. The molecule has 0 atom stereocenters. The number of aromatic nitrogens is 1. The van der Waals surface area contributed by atoms with E-state index in [1.165, 1.54) is 0 Å². The van der Waals surface area contributed by atoms with Crippen LogP contribution >= 0.6 is 0 Å². The number of hydrogen-bond donors (Lipinski definition) is 1. The standard InChI is InChI=1S/C7H12N2O3S/c1-3-8-13(10,11)5-7-4-6(2)12-9-7/h4,8H,3,5H2,1-2H3. The van der Waals surface area contributed by atoms with E-state index in [2.05, 4.69) is 9.88 Å². The third-order valence-corrected chi connectivity index (χ3v) is 2.78. The van der Waals surface area contributed by atoms with E-state index in [1.54, 1.807) is 19.9 Å². The third-order valence-electron chi connectivity index (χ3n) is 1.38. The van der Waals surface area contributed by atoms with Crippen LogP contribution in [0.25, 0.3) is 0 Å². The van der Waals surface area contributed by atoms with Crippen molar-refractivity contribution >= 4 is 10.0 Å². The van der Waals surface area contributed by atoms with Crippen LogP contribution in [0.4, 0.5) is 0 Å². The zero-order valence-electron chi connectivity index (χ0n) is 7.57. The van der Waals surface area contributed by atoms with Gasteiger partial charge in [0.1, 0.15) is 17.2 Å². The number of sulfonamides is 1. The highest BCUT2D eigenvalue weighted by Gasteiger charge is 2.12. The highest BCUT2D eigenvalue weighted by Crippen LogP contribution is 2.05. The lowest BCUT2D eigenvalue weighted by Crippen LogP contribution is -2.24. The van der Waals surface area contributed by atoms with Crippen LogP contribution in [0.3, 0.4) is 0 Å². The Morgan fingerprint density at radius 2 is 2.31 bits per heavy atom. The first-order valence-electron chi connectivity index (χ1n) is 3.93. The van der Waals surface area contributed by atoms with Crippen molar-refractivity contribution in [2.24, 2.45) is 0 Å². The first-order valence-corrected chi connectivity index (χ1v) is 5.58. The summed E-state index contributed by atoms with van der Waals surface area (Å²) in [5, 5.41) is 3.59. The maximum Gasteiger partial charge on any atom is 0.217 e. The second-order valence-electron chi connectivity index (χ2n) is 2.69. The molecule has 0 aliphatic carbocycles. The molecule has 1 N–H and O–H groups in total. The topological polar surface area (TPSA) is 72.2 Å². The number of hydrogen-bond acceptors (Lipinski definition) is 4. The fraction of sp³-hybridized carbons (Fsp3) is 0.571. The lowest BCUT2D eigenvalue weighted by Gasteiger charge is -1.99. The number of rotatable bonds is 4. The highest BCUT2D eigenvalue weighted by molar-refractivity contribution is 7.88. The molecule has 0 aliphatic rings. The Balaban J connectivity index is 2.69. The molecular formula is C7H12N2O3S. The highest BCUT2D eigenvalue weighted by atomic mass is 32.2. The maximum atomic E-state index is 11.2. The minimum absolute atomic E-state index is 0.127. The van der Waals surface area contributed by atoms with Crippen molar-refractivity contribution in [1.29, 1.82) is 0 Å². The van der Waals surface area contributed by atoms with Crippen molar-refractivity contribution in [3.05, 3.63) is 17.5 Å². The normalized spacial score (nSPS) is 11.8. The molecule has 0 saturated carbocycles. The second-order valence-corrected chi connectivity index (χ2v) is 4.49. The third kappa shape index (κ3) is 3.16. The average Bonchev–Trinajstić information content (AvgIpc) is 2.34. The first-order chi connectivity index (χ1) is 6.03. The summed E-state index contributed by atoms with van der Waals surface area (Å²) in [6, 6.07) is 1.61. The molecule has 13 heavy (non-hydrogen) atoms. The molecule has 0 amide bonds. The Morgan fingerprint density at radius 3 is 2.77 bits per heavy atom. The molecule has 0 fully saturated rings. The predicted octanol–water partition coefficient (Wildman–Crippen LogP) is 0.422. The first kappa shape index (κ1) is 10.2. The van der Waals surface area contributed by atoms with Gasteiger partial charge in [0.15, 0.2) is 0 Å². The number of nitrogens with one attached hydrogen (secondary N) is 1. The zero-order valence-corrected chi connectivity index (χ0v) is 8.39. The van der Waals surface area contributed by atoms with Gasteiger partial charge in [-0.1, -0.05) is 12.1 Å². The lowest BCUT2D eigenvalue weighted by molar-refractivity contribution is 0.392. The minimum atomic E-state index is -3.24. The molecule has 0 radical (unpaired) electrons. The molecule has 5 nitrogen and oxygen atoms in total. The molecule has 0 spiro atoms. The van der Waals surface area contributed by atoms with E-state index in [0.717, 1.165) is 0 Å². The molecule has 1 aromatic rings. The van der Waals surface area contributed by atoms with Gasteiger partial charge in [0.05, 0.1) is 0 Å².